The van der Waals surface area contributed by atoms with Crippen LogP contribution in [-0.2, 0) is 6.54 Å². The Morgan fingerprint density at radius 1 is 1.25 bits per heavy atom. The van der Waals surface area contributed by atoms with Gasteiger partial charge in [-0.3, -0.25) is 0 Å². The van der Waals surface area contributed by atoms with Crippen LogP contribution in [0.5, 0.6) is 0 Å². The Morgan fingerprint density at radius 3 is 2.75 bits per heavy atom. The van der Waals surface area contributed by atoms with Crippen molar-refractivity contribution in [1.29, 1.82) is 0 Å². The van der Waals surface area contributed by atoms with E-state index in [0.29, 0.717) is 17.5 Å². The van der Waals surface area contributed by atoms with Crippen molar-refractivity contribution in [2.75, 3.05) is 0 Å². The van der Waals surface area contributed by atoms with Crippen molar-refractivity contribution in [1.82, 2.24) is 5.32 Å². The number of fused-ring (bicyclic) bond motifs is 1. The molecule has 106 valence electrons. The van der Waals surface area contributed by atoms with E-state index in [1.807, 2.05) is 24.3 Å². The third kappa shape index (κ3) is 2.72. The lowest BCUT2D eigenvalue weighted by atomic mass is 9.95. The number of carboxylic acids is 1. The Kier molecular flexibility index (Phi) is 4.03. The topological polar surface area (TPSA) is 49.3 Å². The Hall–Kier alpha value is -1.39. The Labute approximate surface area is 122 Å². The van der Waals surface area contributed by atoms with Gasteiger partial charge in [0.15, 0.2) is 0 Å². The minimum atomic E-state index is -0.813. The second kappa shape index (κ2) is 5.94. The van der Waals surface area contributed by atoms with Crippen LogP contribution in [0, 0.1) is 0 Å². The van der Waals surface area contributed by atoms with Crippen molar-refractivity contribution < 1.29 is 9.90 Å². The monoisotopic (exact) mass is 289 g/mol. The minimum absolute atomic E-state index is 0.481. The Bertz CT molecular complexity index is 614. The summed E-state index contributed by atoms with van der Waals surface area (Å²) < 4.78 is 1.06. The Balaban J connectivity index is 1.84. The maximum atomic E-state index is 11.4. The molecule has 0 atom stereocenters. The summed E-state index contributed by atoms with van der Waals surface area (Å²) in [7, 11) is 0. The third-order valence-corrected chi connectivity index (χ3v) is 5.27. The number of benzene rings is 1. The first-order valence-electron chi connectivity index (χ1n) is 7.23. The van der Waals surface area contributed by atoms with Gasteiger partial charge in [-0.25, -0.2) is 4.79 Å². The maximum absolute atomic E-state index is 11.4. The van der Waals surface area contributed by atoms with E-state index >= 15 is 0 Å². The normalized spacial score (nSPS) is 16.6. The fraction of sp³-hybridized carbons (Fsp3) is 0.438. The molecule has 1 aromatic heterocycles. The van der Waals surface area contributed by atoms with Crippen LogP contribution in [0.4, 0.5) is 0 Å². The molecule has 1 aromatic carbocycles. The molecule has 1 heterocycles. The summed E-state index contributed by atoms with van der Waals surface area (Å²) in [5, 5.41) is 14.0. The average Bonchev–Trinajstić information content (AvgIpc) is 2.85. The van der Waals surface area contributed by atoms with Gasteiger partial charge in [0.05, 0.1) is 0 Å². The SMILES string of the molecule is O=C(O)c1sc2ccccc2c1CNC1CCCCC1. The second-order valence-electron chi connectivity index (χ2n) is 5.43. The van der Waals surface area contributed by atoms with Gasteiger partial charge in [0.1, 0.15) is 4.88 Å². The van der Waals surface area contributed by atoms with E-state index in [9.17, 15) is 9.90 Å². The fourth-order valence-corrected chi connectivity index (χ4v) is 4.06. The molecule has 1 saturated carbocycles. The first-order chi connectivity index (χ1) is 9.75. The zero-order chi connectivity index (χ0) is 13.9. The van der Waals surface area contributed by atoms with Gasteiger partial charge in [0, 0.05) is 17.3 Å². The van der Waals surface area contributed by atoms with Crippen molar-refractivity contribution in [3.63, 3.8) is 0 Å². The van der Waals surface area contributed by atoms with Crippen LogP contribution in [0.25, 0.3) is 10.1 Å². The smallest absolute Gasteiger partial charge is 0.346 e. The van der Waals surface area contributed by atoms with Crippen molar-refractivity contribution in [3.05, 3.63) is 34.7 Å². The van der Waals surface area contributed by atoms with Crippen LogP contribution in [0.1, 0.15) is 47.3 Å². The first kappa shape index (κ1) is 13.6. The van der Waals surface area contributed by atoms with Crippen LogP contribution in [0.15, 0.2) is 24.3 Å². The molecular formula is C16H19NO2S. The van der Waals surface area contributed by atoms with E-state index in [4.69, 9.17) is 0 Å². The number of hydrogen-bond donors (Lipinski definition) is 2. The van der Waals surface area contributed by atoms with E-state index in [-0.39, 0.29) is 0 Å². The highest BCUT2D eigenvalue weighted by atomic mass is 32.1. The molecule has 0 unspecified atom stereocenters. The number of aromatic carboxylic acids is 1. The summed E-state index contributed by atoms with van der Waals surface area (Å²) in [4.78, 5) is 11.9. The lowest BCUT2D eigenvalue weighted by Gasteiger charge is -2.22. The molecule has 0 aliphatic heterocycles. The molecule has 2 aromatic rings. The molecule has 0 saturated heterocycles. The minimum Gasteiger partial charge on any atom is -0.477 e. The molecule has 3 nitrogen and oxygen atoms in total. The predicted octanol–water partition coefficient (Wildman–Crippen LogP) is 4.02. The number of nitrogens with one attached hydrogen (secondary N) is 1. The molecule has 2 N–H and O–H groups in total. The van der Waals surface area contributed by atoms with Gasteiger partial charge in [-0.15, -0.1) is 11.3 Å². The van der Waals surface area contributed by atoms with Gasteiger partial charge < -0.3 is 10.4 Å². The van der Waals surface area contributed by atoms with Gasteiger partial charge >= 0.3 is 5.97 Å². The lowest BCUT2D eigenvalue weighted by molar-refractivity contribution is 0.0701. The summed E-state index contributed by atoms with van der Waals surface area (Å²) >= 11 is 1.38. The Morgan fingerprint density at radius 2 is 2.00 bits per heavy atom. The van der Waals surface area contributed by atoms with Crippen molar-refractivity contribution in [2.24, 2.45) is 0 Å². The van der Waals surface area contributed by atoms with Crippen LogP contribution in [0.2, 0.25) is 0 Å². The maximum Gasteiger partial charge on any atom is 0.346 e. The number of thiophene rings is 1. The van der Waals surface area contributed by atoms with Gasteiger partial charge in [0.25, 0.3) is 0 Å². The van der Waals surface area contributed by atoms with E-state index in [2.05, 4.69) is 5.32 Å². The highest BCUT2D eigenvalue weighted by Crippen LogP contribution is 2.31. The van der Waals surface area contributed by atoms with Crippen molar-refractivity contribution >= 4 is 27.4 Å². The summed E-state index contributed by atoms with van der Waals surface area (Å²) in [6.45, 7) is 0.663. The van der Waals surface area contributed by atoms with E-state index in [1.54, 1.807) is 0 Å². The molecule has 1 aliphatic rings. The summed E-state index contributed by atoms with van der Waals surface area (Å²) in [6.07, 6.45) is 6.33. The predicted molar refractivity (Wildman–Crippen MR) is 82.5 cm³/mol. The quantitative estimate of drug-likeness (QED) is 0.893. The highest BCUT2D eigenvalue weighted by molar-refractivity contribution is 7.21. The van der Waals surface area contributed by atoms with E-state index < -0.39 is 5.97 Å². The van der Waals surface area contributed by atoms with Gasteiger partial charge in [0.2, 0.25) is 0 Å². The molecule has 0 spiro atoms. The lowest BCUT2D eigenvalue weighted by Crippen LogP contribution is -2.30. The zero-order valence-electron chi connectivity index (χ0n) is 11.4. The van der Waals surface area contributed by atoms with Crippen LogP contribution < -0.4 is 5.32 Å². The zero-order valence-corrected chi connectivity index (χ0v) is 12.2. The average molecular weight is 289 g/mol. The first-order valence-corrected chi connectivity index (χ1v) is 8.04. The second-order valence-corrected chi connectivity index (χ2v) is 6.48. The van der Waals surface area contributed by atoms with Crippen LogP contribution in [-0.4, -0.2) is 17.1 Å². The molecule has 0 amide bonds. The summed E-state index contributed by atoms with van der Waals surface area (Å²) in [5.74, 6) is -0.813. The molecule has 1 fully saturated rings. The van der Waals surface area contributed by atoms with Gasteiger partial charge in [-0.1, -0.05) is 37.5 Å². The van der Waals surface area contributed by atoms with Crippen molar-refractivity contribution in [2.45, 2.75) is 44.7 Å². The molecule has 1 aliphatic carbocycles. The van der Waals surface area contributed by atoms with Gasteiger partial charge in [-0.2, -0.15) is 0 Å². The summed E-state index contributed by atoms with van der Waals surface area (Å²) in [6, 6.07) is 8.50. The summed E-state index contributed by atoms with van der Waals surface area (Å²) in [5.41, 5.74) is 0.948. The van der Waals surface area contributed by atoms with E-state index in [1.165, 1.54) is 43.4 Å². The van der Waals surface area contributed by atoms with Crippen LogP contribution >= 0.6 is 11.3 Å². The molecular weight excluding hydrogens is 270 g/mol. The molecule has 3 rings (SSSR count). The van der Waals surface area contributed by atoms with Gasteiger partial charge in [-0.05, 0) is 29.9 Å². The fourth-order valence-electron chi connectivity index (χ4n) is 3.00. The highest BCUT2D eigenvalue weighted by Gasteiger charge is 2.19. The standard InChI is InChI=1S/C16H19NO2S/c18-16(19)15-13(10-17-11-6-2-1-3-7-11)12-8-4-5-9-14(12)20-15/h4-5,8-9,11,17H,1-3,6-7,10H2,(H,18,19). The van der Waals surface area contributed by atoms with E-state index in [0.717, 1.165) is 15.6 Å². The molecule has 4 heteroatoms. The molecule has 0 bridgehead atoms. The number of carboxylic acid groups (broad SMARTS) is 1. The number of rotatable bonds is 4. The largest absolute Gasteiger partial charge is 0.477 e. The molecule has 0 radical (unpaired) electrons. The number of hydrogen-bond acceptors (Lipinski definition) is 3. The third-order valence-electron chi connectivity index (χ3n) is 4.07. The van der Waals surface area contributed by atoms with Crippen molar-refractivity contribution in [3.8, 4) is 0 Å². The van der Waals surface area contributed by atoms with Crippen LogP contribution in [0.3, 0.4) is 0 Å². The molecule has 20 heavy (non-hydrogen) atoms. The number of carbonyl (C=O) groups is 1.